The summed E-state index contributed by atoms with van der Waals surface area (Å²) in [6, 6.07) is 16.3. The van der Waals surface area contributed by atoms with E-state index >= 15 is 0 Å². The van der Waals surface area contributed by atoms with Crippen LogP contribution < -0.4 is 10.6 Å². The third kappa shape index (κ3) is 7.08. The van der Waals surface area contributed by atoms with Crippen LogP contribution in [0.3, 0.4) is 0 Å². The van der Waals surface area contributed by atoms with Gasteiger partial charge in [-0.15, -0.1) is 0 Å². The molecular weight excluding hydrogens is 604 g/mol. The zero-order chi connectivity index (χ0) is 33.7. The lowest BCUT2D eigenvalue weighted by molar-refractivity contribution is -0.129. The van der Waals surface area contributed by atoms with Crippen molar-refractivity contribution in [1.82, 2.24) is 15.5 Å². The highest BCUT2D eigenvalue weighted by Gasteiger charge is 2.54. The van der Waals surface area contributed by atoms with E-state index in [0.29, 0.717) is 30.8 Å². The van der Waals surface area contributed by atoms with Crippen LogP contribution in [0.4, 0.5) is 8.78 Å². The lowest BCUT2D eigenvalue weighted by Gasteiger charge is -2.37. The average molecular weight is 656 g/mol. The number of carbonyl (C=O) groups is 2. The molecule has 6 rings (SSSR count). The number of fused-ring (bicyclic) bond motifs is 3. The van der Waals surface area contributed by atoms with E-state index in [-0.39, 0.29) is 23.8 Å². The fraction of sp³-hybridized carbons (Fsp3) is 0.512. The summed E-state index contributed by atoms with van der Waals surface area (Å²) in [5, 5.41) is 5.97. The number of likely N-dealkylation sites (tertiary alicyclic amines) is 1. The lowest BCUT2D eigenvalue weighted by atomic mass is 9.67. The number of carbonyl (C=O) groups excluding carboxylic acids is 2. The molecule has 3 aliphatic carbocycles. The van der Waals surface area contributed by atoms with Crippen LogP contribution in [0.5, 0.6) is 0 Å². The van der Waals surface area contributed by atoms with Crippen molar-refractivity contribution in [2.75, 3.05) is 26.2 Å². The van der Waals surface area contributed by atoms with Crippen molar-refractivity contribution in [3.8, 4) is 0 Å². The first kappa shape index (κ1) is 34.3. The Morgan fingerprint density at radius 2 is 1.77 bits per heavy atom. The molecule has 2 amide bonds. The predicted molar refractivity (Wildman–Crippen MR) is 189 cm³/mol. The molecule has 0 spiro atoms. The maximum atomic E-state index is 14.2. The van der Waals surface area contributed by atoms with Gasteiger partial charge in [0, 0.05) is 30.6 Å². The van der Waals surface area contributed by atoms with Crippen molar-refractivity contribution in [3.05, 3.63) is 102 Å². The summed E-state index contributed by atoms with van der Waals surface area (Å²) in [6.45, 7) is 7.55. The number of allylic oxidation sites excluding steroid dienone is 4. The van der Waals surface area contributed by atoms with E-state index in [2.05, 4.69) is 59.4 Å². The van der Waals surface area contributed by atoms with Gasteiger partial charge in [-0.3, -0.25) is 9.59 Å². The first-order valence-electron chi connectivity index (χ1n) is 18.1. The van der Waals surface area contributed by atoms with Gasteiger partial charge >= 0.3 is 0 Å². The van der Waals surface area contributed by atoms with Gasteiger partial charge in [0.25, 0.3) is 11.8 Å². The van der Waals surface area contributed by atoms with E-state index in [1.165, 1.54) is 24.8 Å². The fourth-order valence-corrected chi connectivity index (χ4v) is 8.92. The summed E-state index contributed by atoms with van der Waals surface area (Å²) in [4.78, 5) is 30.0. The van der Waals surface area contributed by atoms with Crippen LogP contribution in [0.1, 0.15) is 104 Å². The minimum atomic E-state index is -3.16. The van der Waals surface area contributed by atoms with E-state index in [0.717, 1.165) is 74.0 Å². The number of halogens is 2. The Labute approximate surface area is 284 Å². The van der Waals surface area contributed by atoms with Gasteiger partial charge in [-0.05, 0) is 91.3 Å². The van der Waals surface area contributed by atoms with Gasteiger partial charge in [-0.25, -0.2) is 8.78 Å². The second-order valence-corrected chi connectivity index (χ2v) is 14.5. The molecule has 1 saturated carbocycles. The number of hydrogen-bond donors (Lipinski definition) is 2. The monoisotopic (exact) mass is 655 g/mol. The highest BCUT2D eigenvalue weighted by Crippen LogP contribution is 2.55. The molecule has 4 atom stereocenters. The van der Waals surface area contributed by atoms with E-state index in [1.54, 1.807) is 0 Å². The quantitative estimate of drug-likeness (QED) is 0.179. The second kappa shape index (κ2) is 14.9. The molecule has 2 aromatic carbocycles. The van der Waals surface area contributed by atoms with Gasteiger partial charge in [0.05, 0.1) is 12.0 Å². The third-order valence-electron chi connectivity index (χ3n) is 11.6. The van der Waals surface area contributed by atoms with Gasteiger partial charge in [-0.1, -0.05) is 99.9 Å². The molecule has 4 unspecified atom stereocenters. The Balaban J connectivity index is 1.05. The highest BCUT2D eigenvalue weighted by molar-refractivity contribution is 5.98. The maximum Gasteiger partial charge on any atom is 0.283 e. The predicted octanol–water partition coefficient (Wildman–Crippen LogP) is 8.19. The van der Waals surface area contributed by atoms with Crippen molar-refractivity contribution >= 4 is 17.4 Å². The molecule has 1 heterocycles. The minimum Gasteiger partial charge on any atom is -0.349 e. The Morgan fingerprint density at radius 3 is 2.56 bits per heavy atom. The number of benzene rings is 2. The van der Waals surface area contributed by atoms with Crippen LogP contribution >= 0.6 is 0 Å². The Kier molecular flexibility index (Phi) is 10.6. The van der Waals surface area contributed by atoms with Gasteiger partial charge in [-0.2, -0.15) is 0 Å². The maximum absolute atomic E-state index is 14.2. The van der Waals surface area contributed by atoms with E-state index < -0.39 is 17.9 Å². The van der Waals surface area contributed by atoms with Crippen molar-refractivity contribution < 1.29 is 18.4 Å². The summed E-state index contributed by atoms with van der Waals surface area (Å²) in [5.74, 6) is -2.46. The SMILES string of the molecule is C=CC(F)(F)CNC(=O)C1(CCCCN2CCC(NC(=O)c3ccccc3C3CCCCC3C)CC2)c2ccccc2C2=CC=CCC21. The Morgan fingerprint density at radius 1 is 1.02 bits per heavy atom. The summed E-state index contributed by atoms with van der Waals surface area (Å²) in [7, 11) is 0. The highest BCUT2D eigenvalue weighted by atomic mass is 19.3. The minimum absolute atomic E-state index is 0.0547. The topological polar surface area (TPSA) is 61.4 Å². The van der Waals surface area contributed by atoms with Gasteiger partial charge < -0.3 is 15.5 Å². The number of amides is 2. The first-order valence-corrected chi connectivity index (χ1v) is 18.1. The molecule has 2 fully saturated rings. The number of piperidine rings is 1. The lowest BCUT2D eigenvalue weighted by Crippen LogP contribution is -2.50. The third-order valence-corrected chi connectivity index (χ3v) is 11.6. The zero-order valence-corrected chi connectivity index (χ0v) is 28.4. The van der Waals surface area contributed by atoms with Crippen LogP contribution in [0.25, 0.3) is 5.57 Å². The second-order valence-electron chi connectivity index (χ2n) is 14.5. The van der Waals surface area contributed by atoms with Crippen LogP contribution in [0.2, 0.25) is 0 Å². The molecule has 4 aliphatic rings. The van der Waals surface area contributed by atoms with Crippen molar-refractivity contribution in [2.24, 2.45) is 11.8 Å². The molecular formula is C41H51F2N3O2. The molecule has 256 valence electrons. The van der Waals surface area contributed by atoms with Crippen LogP contribution in [-0.4, -0.2) is 54.9 Å². The molecule has 0 bridgehead atoms. The van der Waals surface area contributed by atoms with Crippen molar-refractivity contribution in [1.29, 1.82) is 0 Å². The molecule has 2 N–H and O–H groups in total. The van der Waals surface area contributed by atoms with Crippen LogP contribution in [0, 0.1) is 11.8 Å². The molecule has 0 aromatic heterocycles. The van der Waals surface area contributed by atoms with Gasteiger partial charge in [0.1, 0.15) is 0 Å². The number of hydrogen-bond acceptors (Lipinski definition) is 3. The van der Waals surface area contributed by atoms with E-state index in [4.69, 9.17) is 0 Å². The van der Waals surface area contributed by atoms with Crippen molar-refractivity contribution in [2.45, 2.75) is 94.4 Å². The number of unbranched alkanes of at least 4 members (excludes halogenated alkanes) is 1. The Hall–Kier alpha value is -3.58. The van der Waals surface area contributed by atoms with Crippen molar-refractivity contribution in [3.63, 3.8) is 0 Å². The molecule has 7 heteroatoms. The molecule has 1 aliphatic heterocycles. The molecule has 1 saturated heterocycles. The van der Waals surface area contributed by atoms with Gasteiger partial charge in [0.2, 0.25) is 5.91 Å². The normalized spacial score (nSPS) is 25.9. The summed E-state index contributed by atoms with van der Waals surface area (Å²) >= 11 is 0. The molecule has 0 radical (unpaired) electrons. The van der Waals surface area contributed by atoms with Gasteiger partial charge in [0.15, 0.2) is 0 Å². The fourth-order valence-electron chi connectivity index (χ4n) is 8.92. The smallest absolute Gasteiger partial charge is 0.283 e. The summed E-state index contributed by atoms with van der Waals surface area (Å²) in [6.07, 6.45) is 16.5. The number of alkyl halides is 2. The molecule has 2 aromatic rings. The van der Waals surface area contributed by atoms with Crippen LogP contribution in [-0.2, 0) is 10.2 Å². The largest absolute Gasteiger partial charge is 0.349 e. The summed E-state index contributed by atoms with van der Waals surface area (Å²) < 4.78 is 28.4. The average Bonchev–Trinajstić information content (AvgIpc) is 3.40. The Bertz CT molecular complexity index is 1540. The van der Waals surface area contributed by atoms with E-state index in [9.17, 15) is 18.4 Å². The number of nitrogens with zero attached hydrogens (tertiary/aromatic N) is 1. The zero-order valence-electron chi connectivity index (χ0n) is 28.4. The number of rotatable bonds is 12. The van der Waals surface area contributed by atoms with Crippen LogP contribution in [0.15, 0.2) is 79.4 Å². The standard InChI is InChI=1S/C41H51F2N3O2/c1-3-40(42,43)28-44-39(48)41(36-20-10-8-17-33(36)34-18-9-11-21-37(34)41)24-12-13-25-46-26-22-30(23-27-46)45-38(47)35-19-7-6-16-32(35)31-15-5-4-14-29(31)2/h3,6-11,16-20,29-31,37H,1,4-5,12-15,21-28H2,2H3,(H,44,48)(H,45,47). The number of nitrogens with one attached hydrogen (secondary N) is 2. The molecule has 5 nitrogen and oxygen atoms in total. The van der Waals surface area contributed by atoms with E-state index in [1.807, 2.05) is 36.4 Å². The first-order chi connectivity index (χ1) is 23.2. The summed E-state index contributed by atoms with van der Waals surface area (Å²) in [5.41, 5.74) is 4.27. The molecule has 48 heavy (non-hydrogen) atoms.